The lowest BCUT2D eigenvalue weighted by Gasteiger charge is -2.04. The number of rotatable bonds is 1. The number of halogens is 1. The number of hydrogen-bond donors (Lipinski definition) is 0. The molecular formula is C12H9ClN4O2. The van der Waals surface area contributed by atoms with Crippen molar-refractivity contribution in [2.45, 2.75) is 0 Å². The summed E-state index contributed by atoms with van der Waals surface area (Å²) in [4.78, 5) is 19.8. The minimum absolute atomic E-state index is 0.224. The molecule has 7 heteroatoms. The first kappa shape index (κ1) is 11.9. The average molecular weight is 277 g/mol. The van der Waals surface area contributed by atoms with E-state index in [9.17, 15) is 4.79 Å². The van der Waals surface area contributed by atoms with Gasteiger partial charge in [-0.3, -0.25) is 4.68 Å². The van der Waals surface area contributed by atoms with Gasteiger partial charge in [-0.25, -0.2) is 14.8 Å². The summed E-state index contributed by atoms with van der Waals surface area (Å²) in [5.74, 6) is -0.493. The Morgan fingerprint density at radius 1 is 1.37 bits per heavy atom. The topological polar surface area (TPSA) is 69.9 Å². The Hall–Kier alpha value is -2.21. The Morgan fingerprint density at radius 2 is 2.16 bits per heavy atom. The van der Waals surface area contributed by atoms with E-state index in [4.69, 9.17) is 11.6 Å². The van der Waals surface area contributed by atoms with Crippen LogP contribution in [0.5, 0.6) is 0 Å². The molecule has 0 aliphatic heterocycles. The first-order chi connectivity index (χ1) is 9.11. The van der Waals surface area contributed by atoms with E-state index in [1.165, 1.54) is 13.3 Å². The van der Waals surface area contributed by atoms with Crippen molar-refractivity contribution < 1.29 is 9.53 Å². The maximum Gasteiger partial charge on any atom is 0.356 e. The van der Waals surface area contributed by atoms with Gasteiger partial charge in [-0.2, -0.15) is 5.10 Å². The summed E-state index contributed by atoms with van der Waals surface area (Å²) in [5, 5.41) is 6.02. The van der Waals surface area contributed by atoms with Crippen molar-refractivity contribution in [3.63, 3.8) is 0 Å². The number of fused-ring (bicyclic) bond motifs is 3. The van der Waals surface area contributed by atoms with Crippen LogP contribution in [0.2, 0.25) is 5.15 Å². The second-order valence-corrected chi connectivity index (χ2v) is 4.37. The van der Waals surface area contributed by atoms with Crippen LogP contribution in [0, 0.1) is 0 Å². The first-order valence-electron chi connectivity index (χ1n) is 5.47. The molecule has 3 aromatic heterocycles. The third-order valence-corrected chi connectivity index (χ3v) is 3.20. The highest BCUT2D eigenvalue weighted by atomic mass is 35.5. The number of esters is 1. The van der Waals surface area contributed by atoms with Gasteiger partial charge in [0.15, 0.2) is 0 Å². The molecule has 0 unspecified atom stereocenters. The summed E-state index contributed by atoms with van der Waals surface area (Å²) < 4.78 is 6.35. The molecule has 0 saturated heterocycles. The molecule has 0 bridgehead atoms. The van der Waals surface area contributed by atoms with Gasteiger partial charge in [0.1, 0.15) is 10.8 Å². The maximum atomic E-state index is 11.5. The number of aromatic nitrogens is 4. The van der Waals surface area contributed by atoms with Gasteiger partial charge in [0.2, 0.25) is 0 Å². The Labute approximate surface area is 113 Å². The molecule has 0 fully saturated rings. The standard InChI is InChI=1S/C12H9ClN4O2/c1-17-10-6-3-8(12(18)19-2)14-5-9(6)16-11(13)7(10)4-15-17/h3-5H,1-2H3. The number of nitrogens with zero attached hydrogens (tertiary/aromatic N) is 4. The van der Waals surface area contributed by atoms with Gasteiger partial charge >= 0.3 is 5.97 Å². The molecule has 0 saturated carbocycles. The van der Waals surface area contributed by atoms with Crippen LogP contribution in [0.1, 0.15) is 10.5 Å². The summed E-state index contributed by atoms with van der Waals surface area (Å²) in [6.07, 6.45) is 3.14. The summed E-state index contributed by atoms with van der Waals surface area (Å²) in [6, 6.07) is 1.63. The van der Waals surface area contributed by atoms with Gasteiger partial charge in [0.25, 0.3) is 0 Å². The van der Waals surface area contributed by atoms with Gasteiger partial charge in [-0.1, -0.05) is 11.6 Å². The van der Waals surface area contributed by atoms with Gasteiger partial charge in [0.05, 0.1) is 35.9 Å². The third-order valence-electron chi connectivity index (χ3n) is 2.91. The average Bonchev–Trinajstić information content (AvgIpc) is 2.81. The predicted octanol–water partition coefficient (Wildman–Crippen LogP) is 1.96. The molecule has 19 heavy (non-hydrogen) atoms. The SMILES string of the molecule is COC(=O)c1cc2c(cn1)nc(Cl)c1cnn(C)c12. The lowest BCUT2D eigenvalue weighted by atomic mass is 10.2. The summed E-state index contributed by atoms with van der Waals surface area (Å²) in [6.45, 7) is 0. The number of carbonyl (C=O) groups excluding carboxylic acids is 1. The quantitative estimate of drug-likeness (QED) is 0.502. The lowest BCUT2D eigenvalue weighted by molar-refractivity contribution is 0.0594. The van der Waals surface area contributed by atoms with Crippen LogP contribution in [0.25, 0.3) is 21.8 Å². The van der Waals surface area contributed by atoms with E-state index >= 15 is 0 Å². The second-order valence-electron chi connectivity index (χ2n) is 4.01. The van der Waals surface area contributed by atoms with E-state index in [1.54, 1.807) is 24.0 Å². The van der Waals surface area contributed by atoms with Gasteiger partial charge < -0.3 is 4.74 Å². The van der Waals surface area contributed by atoms with E-state index in [-0.39, 0.29) is 5.69 Å². The number of ether oxygens (including phenoxy) is 1. The van der Waals surface area contributed by atoms with E-state index in [0.717, 1.165) is 16.3 Å². The minimum Gasteiger partial charge on any atom is -0.464 e. The van der Waals surface area contributed by atoms with Crippen molar-refractivity contribution in [1.82, 2.24) is 19.7 Å². The Bertz CT molecular complexity index is 812. The fourth-order valence-corrected chi connectivity index (χ4v) is 2.25. The molecule has 0 aliphatic rings. The van der Waals surface area contributed by atoms with E-state index in [1.807, 2.05) is 0 Å². The van der Waals surface area contributed by atoms with Crippen LogP contribution < -0.4 is 0 Å². The van der Waals surface area contributed by atoms with Crippen LogP contribution in [0.15, 0.2) is 18.5 Å². The van der Waals surface area contributed by atoms with Crippen LogP contribution in [0.4, 0.5) is 0 Å². The molecular weight excluding hydrogens is 268 g/mol. The van der Waals surface area contributed by atoms with Crippen LogP contribution in [0.3, 0.4) is 0 Å². The number of carbonyl (C=O) groups is 1. The molecule has 0 radical (unpaired) electrons. The molecule has 96 valence electrons. The fourth-order valence-electron chi connectivity index (χ4n) is 2.02. The van der Waals surface area contributed by atoms with Crippen LogP contribution in [-0.2, 0) is 11.8 Å². The molecule has 3 heterocycles. The summed E-state index contributed by atoms with van der Waals surface area (Å²) in [7, 11) is 3.12. The number of methoxy groups -OCH3 is 1. The van der Waals surface area contributed by atoms with Crippen LogP contribution >= 0.6 is 11.6 Å². The molecule has 0 spiro atoms. The van der Waals surface area contributed by atoms with E-state index in [2.05, 4.69) is 19.8 Å². The molecule has 0 amide bonds. The van der Waals surface area contributed by atoms with Gasteiger partial charge in [0, 0.05) is 12.4 Å². The zero-order valence-corrected chi connectivity index (χ0v) is 11.0. The Kier molecular flexibility index (Phi) is 2.60. The molecule has 3 rings (SSSR count). The largest absolute Gasteiger partial charge is 0.464 e. The maximum absolute atomic E-state index is 11.5. The highest BCUT2D eigenvalue weighted by Crippen LogP contribution is 2.28. The normalized spacial score (nSPS) is 11.1. The van der Waals surface area contributed by atoms with Crippen molar-refractivity contribution >= 4 is 39.4 Å². The first-order valence-corrected chi connectivity index (χ1v) is 5.85. The van der Waals surface area contributed by atoms with E-state index in [0.29, 0.717) is 10.7 Å². The molecule has 0 aromatic carbocycles. The lowest BCUT2D eigenvalue weighted by Crippen LogP contribution is -2.04. The molecule has 6 nitrogen and oxygen atoms in total. The summed E-state index contributed by atoms with van der Waals surface area (Å²) in [5.41, 5.74) is 1.64. The molecule has 3 aromatic rings. The van der Waals surface area contributed by atoms with Gasteiger partial charge in [-0.15, -0.1) is 0 Å². The second kappa shape index (κ2) is 4.17. The fraction of sp³-hybridized carbons (Fsp3) is 0.167. The molecule has 0 N–H and O–H groups in total. The van der Waals surface area contributed by atoms with Crippen molar-refractivity contribution in [3.8, 4) is 0 Å². The van der Waals surface area contributed by atoms with E-state index < -0.39 is 5.97 Å². The Balaban J connectivity index is 2.43. The summed E-state index contributed by atoms with van der Waals surface area (Å²) >= 11 is 6.10. The predicted molar refractivity (Wildman–Crippen MR) is 70.2 cm³/mol. The van der Waals surface area contributed by atoms with Crippen LogP contribution in [-0.4, -0.2) is 32.8 Å². The van der Waals surface area contributed by atoms with Crippen molar-refractivity contribution in [1.29, 1.82) is 0 Å². The van der Waals surface area contributed by atoms with Crippen molar-refractivity contribution in [3.05, 3.63) is 29.3 Å². The van der Waals surface area contributed by atoms with Crippen molar-refractivity contribution in [2.75, 3.05) is 7.11 Å². The molecule has 0 atom stereocenters. The molecule has 0 aliphatic carbocycles. The van der Waals surface area contributed by atoms with Gasteiger partial charge in [-0.05, 0) is 6.07 Å². The zero-order chi connectivity index (χ0) is 13.6. The van der Waals surface area contributed by atoms with Crippen molar-refractivity contribution in [2.24, 2.45) is 7.05 Å². The number of hydrogen-bond acceptors (Lipinski definition) is 5. The zero-order valence-electron chi connectivity index (χ0n) is 10.2. The smallest absolute Gasteiger partial charge is 0.356 e. The number of aryl methyl sites for hydroxylation is 1. The minimum atomic E-state index is -0.493. The number of pyridine rings is 2. The Morgan fingerprint density at radius 3 is 2.89 bits per heavy atom. The third kappa shape index (κ3) is 1.72. The monoisotopic (exact) mass is 276 g/mol. The highest BCUT2D eigenvalue weighted by molar-refractivity contribution is 6.35. The highest BCUT2D eigenvalue weighted by Gasteiger charge is 2.14.